The van der Waals surface area contributed by atoms with Crippen molar-refractivity contribution in [3.8, 4) is 11.5 Å². The second kappa shape index (κ2) is 11.0. The van der Waals surface area contributed by atoms with Crippen LogP contribution >= 0.6 is 0 Å². The van der Waals surface area contributed by atoms with Gasteiger partial charge in [0.1, 0.15) is 23.7 Å². The fourth-order valence-corrected chi connectivity index (χ4v) is 5.40. The van der Waals surface area contributed by atoms with E-state index in [0.717, 1.165) is 59.9 Å². The van der Waals surface area contributed by atoms with Crippen molar-refractivity contribution in [3.05, 3.63) is 65.4 Å². The highest BCUT2D eigenvalue weighted by Crippen LogP contribution is 2.49. The predicted molar refractivity (Wildman–Crippen MR) is 154 cm³/mol. The zero-order valence-electron chi connectivity index (χ0n) is 24.1. The van der Waals surface area contributed by atoms with Crippen molar-refractivity contribution >= 4 is 22.9 Å². The molecule has 0 unspecified atom stereocenters. The first kappa shape index (κ1) is 27.7. The third-order valence-corrected chi connectivity index (χ3v) is 7.70. The van der Waals surface area contributed by atoms with Crippen LogP contribution < -0.4 is 14.8 Å². The number of piperidine rings is 1. The van der Waals surface area contributed by atoms with Gasteiger partial charge in [0.25, 0.3) is 5.91 Å². The molecule has 1 N–H and O–H groups in total. The Morgan fingerprint density at radius 2 is 1.90 bits per heavy atom. The molecule has 1 atom stereocenters. The lowest BCUT2D eigenvalue weighted by Crippen LogP contribution is -2.48. The standard InChI is InChI=1S/C32H39N3O5/c1-21-11-12-23(39-20-22-9-6-7-16-35(22)30(37)40-31(2,3)4)17-26(21)29(36)34-32(13-14-32)27-18-24(38-5)19-28-25(27)10-8-15-33-28/h8,10-12,15,17-19,22H,6-7,9,13-14,16,20H2,1-5H3,(H,34,36)/t22-/m0/s1. The Labute approximate surface area is 236 Å². The number of carbonyl (C=O) groups is 2. The largest absolute Gasteiger partial charge is 0.497 e. The summed E-state index contributed by atoms with van der Waals surface area (Å²) in [6.07, 6.45) is 5.97. The van der Waals surface area contributed by atoms with Crippen LogP contribution in [0.4, 0.5) is 4.79 Å². The minimum atomic E-state index is -0.550. The molecule has 3 aromatic rings. The summed E-state index contributed by atoms with van der Waals surface area (Å²) >= 11 is 0. The minimum Gasteiger partial charge on any atom is -0.497 e. The van der Waals surface area contributed by atoms with E-state index in [4.69, 9.17) is 14.2 Å². The lowest BCUT2D eigenvalue weighted by atomic mass is 9.97. The molecule has 2 heterocycles. The average molecular weight is 546 g/mol. The number of aromatic nitrogens is 1. The SMILES string of the molecule is COc1cc(C2(NC(=O)c3cc(OC[C@@H]4CCCCN4C(=O)OC(C)(C)C)ccc3C)CC2)c2cccnc2c1. The Hall–Kier alpha value is -3.81. The van der Waals surface area contributed by atoms with Crippen molar-refractivity contribution in [2.45, 2.75) is 77.0 Å². The summed E-state index contributed by atoms with van der Waals surface area (Å²) in [6.45, 7) is 8.54. The quantitative estimate of drug-likeness (QED) is 0.384. The van der Waals surface area contributed by atoms with Crippen molar-refractivity contribution in [2.75, 3.05) is 20.3 Å². The Morgan fingerprint density at radius 3 is 2.62 bits per heavy atom. The lowest BCUT2D eigenvalue weighted by molar-refractivity contribution is 0.00360. The number of likely N-dealkylation sites (tertiary alicyclic amines) is 1. The first-order chi connectivity index (χ1) is 19.1. The molecule has 8 nitrogen and oxygen atoms in total. The number of hydrogen-bond acceptors (Lipinski definition) is 6. The Kier molecular flexibility index (Phi) is 7.62. The van der Waals surface area contributed by atoms with E-state index in [9.17, 15) is 9.59 Å². The molecule has 0 radical (unpaired) electrons. The summed E-state index contributed by atoms with van der Waals surface area (Å²) in [5.41, 5.74) is 2.28. The molecule has 1 aliphatic carbocycles. The molecule has 212 valence electrons. The van der Waals surface area contributed by atoms with Crippen molar-refractivity contribution in [1.82, 2.24) is 15.2 Å². The minimum absolute atomic E-state index is 0.0770. The van der Waals surface area contributed by atoms with Crippen LogP contribution in [0.5, 0.6) is 11.5 Å². The second-order valence-corrected chi connectivity index (χ2v) is 11.9. The van der Waals surface area contributed by atoms with E-state index < -0.39 is 11.1 Å². The monoisotopic (exact) mass is 545 g/mol. The molecule has 2 amide bonds. The first-order valence-corrected chi connectivity index (χ1v) is 14.1. The van der Waals surface area contributed by atoms with Gasteiger partial charge in [-0.25, -0.2) is 4.79 Å². The number of hydrogen-bond donors (Lipinski definition) is 1. The van der Waals surface area contributed by atoms with Crippen LogP contribution in [0, 0.1) is 6.92 Å². The van der Waals surface area contributed by atoms with Crippen molar-refractivity contribution in [2.24, 2.45) is 0 Å². The van der Waals surface area contributed by atoms with Crippen LogP contribution in [-0.4, -0.2) is 53.8 Å². The van der Waals surface area contributed by atoms with Crippen LogP contribution in [0.15, 0.2) is 48.7 Å². The number of fused-ring (bicyclic) bond motifs is 1. The van der Waals surface area contributed by atoms with E-state index in [1.165, 1.54) is 0 Å². The summed E-state index contributed by atoms with van der Waals surface area (Å²) in [5, 5.41) is 4.32. The van der Waals surface area contributed by atoms with Gasteiger partial charge in [0.2, 0.25) is 0 Å². The number of rotatable bonds is 7. The van der Waals surface area contributed by atoms with Gasteiger partial charge >= 0.3 is 6.09 Å². The topological polar surface area (TPSA) is 90.0 Å². The maximum Gasteiger partial charge on any atom is 0.410 e. The van der Waals surface area contributed by atoms with Crippen LogP contribution in [0.3, 0.4) is 0 Å². The molecule has 1 aromatic heterocycles. The van der Waals surface area contributed by atoms with Gasteiger partial charge < -0.3 is 24.4 Å². The van der Waals surface area contributed by atoms with Crippen LogP contribution in [0.25, 0.3) is 10.9 Å². The summed E-state index contributed by atoms with van der Waals surface area (Å²) in [6, 6.07) is 13.4. The number of ether oxygens (including phenoxy) is 3. The van der Waals surface area contributed by atoms with E-state index in [0.29, 0.717) is 24.5 Å². The van der Waals surface area contributed by atoms with Gasteiger partial charge in [-0.1, -0.05) is 12.1 Å². The van der Waals surface area contributed by atoms with Crippen molar-refractivity contribution in [1.29, 1.82) is 0 Å². The highest BCUT2D eigenvalue weighted by molar-refractivity contribution is 5.97. The fraction of sp³-hybridized carbons (Fsp3) is 0.469. The zero-order valence-corrected chi connectivity index (χ0v) is 24.1. The average Bonchev–Trinajstić information content (AvgIpc) is 3.71. The summed E-state index contributed by atoms with van der Waals surface area (Å²) < 4.78 is 17.3. The van der Waals surface area contributed by atoms with E-state index in [2.05, 4.69) is 10.3 Å². The zero-order chi connectivity index (χ0) is 28.5. The van der Waals surface area contributed by atoms with Gasteiger partial charge in [0, 0.05) is 29.8 Å². The Bertz CT molecular complexity index is 1410. The molecule has 0 spiro atoms. The molecule has 0 bridgehead atoms. The number of amides is 2. The van der Waals surface area contributed by atoms with E-state index in [1.54, 1.807) is 24.3 Å². The van der Waals surface area contributed by atoms with E-state index >= 15 is 0 Å². The van der Waals surface area contributed by atoms with Crippen molar-refractivity contribution in [3.63, 3.8) is 0 Å². The second-order valence-electron chi connectivity index (χ2n) is 11.9. The van der Waals surface area contributed by atoms with Gasteiger partial charge in [0.05, 0.1) is 24.2 Å². The first-order valence-electron chi connectivity index (χ1n) is 14.1. The highest BCUT2D eigenvalue weighted by Gasteiger charge is 2.47. The Balaban J connectivity index is 1.31. The number of benzene rings is 2. The predicted octanol–water partition coefficient (Wildman–Crippen LogP) is 6.14. The van der Waals surface area contributed by atoms with Crippen LogP contribution in [-0.2, 0) is 10.3 Å². The number of nitrogens with one attached hydrogen (secondary N) is 1. The maximum atomic E-state index is 13.6. The smallest absolute Gasteiger partial charge is 0.410 e. The van der Waals surface area contributed by atoms with Gasteiger partial charge in [-0.2, -0.15) is 0 Å². The number of carbonyl (C=O) groups excluding carboxylic acids is 2. The molecule has 2 aliphatic rings. The van der Waals surface area contributed by atoms with E-state index in [1.807, 2.05) is 64.1 Å². The Morgan fingerprint density at radius 1 is 1.10 bits per heavy atom. The summed E-state index contributed by atoms with van der Waals surface area (Å²) in [5.74, 6) is 1.18. The normalized spacial score (nSPS) is 18.2. The molecule has 5 rings (SSSR count). The highest BCUT2D eigenvalue weighted by atomic mass is 16.6. The van der Waals surface area contributed by atoms with Crippen LogP contribution in [0.2, 0.25) is 0 Å². The third-order valence-electron chi connectivity index (χ3n) is 7.70. The molecule has 1 aliphatic heterocycles. The molecule has 40 heavy (non-hydrogen) atoms. The fourth-order valence-electron chi connectivity index (χ4n) is 5.40. The molecule has 2 fully saturated rings. The van der Waals surface area contributed by atoms with Gasteiger partial charge in [-0.05, 0) is 95.2 Å². The summed E-state index contributed by atoms with van der Waals surface area (Å²) in [4.78, 5) is 32.7. The van der Waals surface area contributed by atoms with Gasteiger partial charge in [-0.3, -0.25) is 9.78 Å². The van der Waals surface area contributed by atoms with Crippen LogP contribution in [0.1, 0.15) is 74.4 Å². The molecular weight excluding hydrogens is 506 g/mol. The molecular formula is C32H39N3O5. The molecule has 1 saturated carbocycles. The molecule has 8 heteroatoms. The molecule has 1 saturated heterocycles. The summed E-state index contributed by atoms with van der Waals surface area (Å²) in [7, 11) is 1.64. The lowest BCUT2D eigenvalue weighted by Gasteiger charge is -2.36. The van der Waals surface area contributed by atoms with Gasteiger partial charge in [-0.15, -0.1) is 0 Å². The maximum absolute atomic E-state index is 13.6. The number of methoxy groups -OCH3 is 1. The number of pyridine rings is 1. The number of nitrogens with zero attached hydrogens (tertiary/aromatic N) is 2. The van der Waals surface area contributed by atoms with E-state index in [-0.39, 0.29) is 18.0 Å². The third kappa shape index (κ3) is 6.01. The van der Waals surface area contributed by atoms with Crippen molar-refractivity contribution < 1.29 is 23.8 Å². The van der Waals surface area contributed by atoms with Gasteiger partial charge in [0.15, 0.2) is 0 Å². The number of aryl methyl sites for hydroxylation is 1. The molecule has 2 aromatic carbocycles.